The van der Waals surface area contributed by atoms with Crippen molar-refractivity contribution in [3.8, 4) is 5.75 Å². The van der Waals surface area contributed by atoms with Crippen LogP contribution in [-0.4, -0.2) is 35.7 Å². The number of hydrogen-bond donors (Lipinski definition) is 2. The van der Waals surface area contributed by atoms with Crippen LogP contribution in [0.3, 0.4) is 0 Å². The highest BCUT2D eigenvalue weighted by Crippen LogP contribution is 2.29. The van der Waals surface area contributed by atoms with E-state index in [4.69, 9.17) is 4.74 Å². The number of methoxy groups -OCH3 is 1. The lowest BCUT2D eigenvalue weighted by Gasteiger charge is -2.22. The van der Waals surface area contributed by atoms with E-state index in [0.717, 1.165) is 10.6 Å². The summed E-state index contributed by atoms with van der Waals surface area (Å²) in [7, 11) is 1.55. The van der Waals surface area contributed by atoms with E-state index in [1.165, 1.54) is 11.8 Å². The maximum absolute atomic E-state index is 12.8. The molecule has 0 aromatic heterocycles. The maximum Gasteiger partial charge on any atom is 0.344 e. The molecule has 1 aliphatic heterocycles. The number of thioether (sulfide) groups is 1. The van der Waals surface area contributed by atoms with Crippen molar-refractivity contribution < 1.29 is 19.1 Å². The molecule has 8 heteroatoms. The molecule has 1 unspecified atom stereocenters. The summed E-state index contributed by atoms with van der Waals surface area (Å²) in [5.41, 5.74) is 2.84. The fourth-order valence-electron chi connectivity index (χ4n) is 2.85. The molecule has 1 heterocycles. The largest absolute Gasteiger partial charge is 0.497 e. The van der Waals surface area contributed by atoms with Gasteiger partial charge in [-0.15, -0.1) is 11.8 Å². The standard InChI is InChI=1S/C20H21N3O4S/c1-20(15-8-10-16(27-2)11-9-15)18(25)23(19(26)21-20)22-17(24)13-28-12-14-6-4-3-5-7-14/h3-11H,12-13H2,1-2H3,(H,21,26)(H,22,24). The maximum atomic E-state index is 12.8. The van der Waals surface area contributed by atoms with Gasteiger partial charge < -0.3 is 10.1 Å². The molecule has 3 rings (SSSR count). The van der Waals surface area contributed by atoms with Crippen molar-refractivity contribution in [2.75, 3.05) is 12.9 Å². The molecule has 0 spiro atoms. The molecule has 2 N–H and O–H groups in total. The van der Waals surface area contributed by atoms with Gasteiger partial charge in [-0.2, -0.15) is 5.01 Å². The monoisotopic (exact) mass is 399 g/mol. The number of rotatable bonds is 7. The van der Waals surface area contributed by atoms with Crippen molar-refractivity contribution >= 4 is 29.6 Å². The molecule has 0 bridgehead atoms. The van der Waals surface area contributed by atoms with Crippen molar-refractivity contribution in [1.29, 1.82) is 0 Å². The molecule has 28 heavy (non-hydrogen) atoms. The number of nitrogens with one attached hydrogen (secondary N) is 2. The van der Waals surface area contributed by atoms with Crippen LogP contribution in [0.25, 0.3) is 0 Å². The molecule has 4 amide bonds. The number of hydrazine groups is 1. The van der Waals surface area contributed by atoms with Gasteiger partial charge >= 0.3 is 6.03 Å². The number of urea groups is 1. The van der Waals surface area contributed by atoms with Crippen LogP contribution in [0.15, 0.2) is 54.6 Å². The van der Waals surface area contributed by atoms with E-state index >= 15 is 0 Å². The molecule has 146 valence electrons. The van der Waals surface area contributed by atoms with Gasteiger partial charge in [-0.05, 0) is 30.2 Å². The highest BCUT2D eigenvalue weighted by molar-refractivity contribution is 7.99. The van der Waals surface area contributed by atoms with Crippen LogP contribution in [-0.2, 0) is 20.9 Å². The lowest BCUT2D eigenvalue weighted by Crippen LogP contribution is -2.48. The predicted molar refractivity (Wildman–Crippen MR) is 106 cm³/mol. The second kappa shape index (κ2) is 8.35. The number of ether oxygens (including phenoxy) is 1. The van der Waals surface area contributed by atoms with Gasteiger partial charge in [0.2, 0.25) is 5.91 Å². The second-order valence-corrected chi connectivity index (χ2v) is 7.42. The molecule has 2 aromatic rings. The van der Waals surface area contributed by atoms with Crippen LogP contribution in [0.2, 0.25) is 0 Å². The van der Waals surface area contributed by atoms with Gasteiger partial charge in [-0.1, -0.05) is 42.5 Å². The second-order valence-electron chi connectivity index (χ2n) is 6.44. The lowest BCUT2D eigenvalue weighted by atomic mass is 9.92. The molecule has 2 aromatic carbocycles. The SMILES string of the molecule is COc1ccc(C2(C)NC(=O)N(NC(=O)CSCc3ccccc3)C2=O)cc1. The minimum absolute atomic E-state index is 0.130. The third kappa shape index (κ3) is 4.12. The summed E-state index contributed by atoms with van der Waals surface area (Å²) in [6.45, 7) is 1.60. The summed E-state index contributed by atoms with van der Waals surface area (Å²) in [5, 5.41) is 3.39. The summed E-state index contributed by atoms with van der Waals surface area (Å²) in [6, 6.07) is 15.9. The Kier molecular flexibility index (Phi) is 5.89. The summed E-state index contributed by atoms with van der Waals surface area (Å²) in [5.74, 6) is 0.487. The van der Waals surface area contributed by atoms with Crippen LogP contribution in [0.4, 0.5) is 4.79 Å². The summed E-state index contributed by atoms with van der Waals surface area (Å²) in [6.07, 6.45) is 0. The first-order valence-corrected chi connectivity index (χ1v) is 9.82. The minimum Gasteiger partial charge on any atom is -0.497 e. The zero-order chi connectivity index (χ0) is 20.1. The smallest absolute Gasteiger partial charge is 0.344 e. The zero-order valence-corrected chi connectivity index (χ0v) is 16.4. The van der Waals surface area contributed by atoms with E-state index in [1.54, 1.807) is 38.3 Å². The van der Waals surface area contributed by atoms with Gasteiger partial charge in [0.25, 0.3) is 5.91 Å². The minimum atomic E-state index is -1.26. The van der Waals surface area contributed by atoms with E-state index in [-0.39, 0.29) is 5.75 Å². The van der Waals surface area contributed by atoms with E-state index in [2.05, 4.69) is 10.7 Å². The normalized spacial score (nSPS) is 18.7. The number of imide groups is 1. The number of amides is 4. The molecule has 1 aliphatic rings. The van der Waals surface area contributed by atoms with E-state index in [1.807, 2.05) is 30.3 Å². The summed E-state index contributed by atoms with van der Waals surface area (Å²) < 4.78 is 5.11. The third-order valence-corrected chi connectivity index (χ3v) is 5.44. The first-order chi connectivity index (χ1) is 13.4. The first kappa shape index (κ1) is 19.8. The highest BCUT2D eigenvalue weighted by Gasteiger charge is 2.50. The molecule has 1 atom stereocenters. The first-order valence-electron chi connectivity index (χ1n) is 8.66. The molecule has 1 saturated heterocycles. The van der Waals surface area contributed by atoms with Crippen LogP contribution >= 0.6 is 11.8 Å². The van der Waals surface area contributed by atoms with Crippen molar-refractivity contribution in [1.82, 2.24) is 15.8 Å². The van der Waals surface area contributed by atoms with Gasteiger partial charge in [0.15, 0.2) is 0 Å². The Labute approximate surface area is 167 Å². The van der Waals surface area contributed by atoms with Gasteiger partial charge in [0.1, 0.15) is 11.3 Å². The molecular formula is C20H21N3O4S. The molecule has 0 saturated carbocycles. The predicted octanol–water partition coefficient (Wildman–Crippen LogP) is 2.43. The number of hydrogen-bond acceptors (Lipinski definition) is 5. The molecule has 1 fully saturated rings. The Morgan fingerprint density at radius 1 is 1.14 bits per heavy atom. The Bertz CT molecular complexity index is 873. The number of carbonyl (C=O) groups excluding carboxylic acids is 3. The van der Waals surface area contributed by atoms with Crippen LogP contribution < -0.4 is 15.5 Å². The van der Waals surface area contributed by atoms with Gasteiger partial charge in [-0.3, -0.25) is 15.0 Å². The topological polar surface area (TPSA) is 87.7 Å². The van der Waals surface area contributed by atoms with E-state index in [0.29, 0.717) is 17.1 Å². The van der Waals surface area contributed by atoms with Crippen LogP contribution in [0, 0.1) is 0 Å². The third-order valence-electron chi connectivity index (χ3n) is 4.44. The van der Waals surface area contributed by atoms with Gasteiger partial charge in [-0.25, -0.2) is 4.79 Å². The number of nitrogens with zero attached hydrogens (tertiary/aromatic N) is 1. The Balaban J connectivity index is 1.60. The molecule has 7 nitrogen and oxygen atoms in total. The van der Waals surface area contributed by atoms with E-state index in [9.17, 15) is 14.4 Å². The zero-order valence-electron chi connectivity index (χ0n) is 15.6. The van der Waals surface area contributed by atoms with E-state index < -0.39 is 23.4 Å². The number of benzene rings is 2. The molecule has 0 radical (unpaired) electrons. The fourth-order valence-corrected chi connectivity index (χ4v) is 3.63. The molecule has 0 aliphatic carbocycles. The van der Waals surface area contributed by atoms with Crippen molar-refractivity contribution in [2.24, 2.45) is 0 Å². The Hall–Kier alpha value is -3.00. The molecular weight excluding hydrogens is 378 g/mol. The summed E-state index contributed by atoms with van der Waals surface area (Å²) in [4.78, 5) is 37.3. The van der Waals surface area contributed by atoms with Crippen LogP contribution in [0.5, 0.6) is 5.75 Å². The lowest BCUT2D eigenvalue weighted by molar-refractivity contribution is -0.138. The van der Waals surface area contributed by atoms with Crippen molar-refractivity contribution in [3.05, 3.63) is 65.7 Å². The van der Waals surface area contributed by atoms with Crippen LogP contribution in [0.1, 0.15) is 18.1 Å². The quantitative estimate of drug-likeness (QED) is 0.698. The van der Waals surface area contributed by atoms with Gasteiger partial charge in [0, 0.05) is 5.75 Å². The Morgan fingerprint density at radius 2 is 1.82 bits per heavy atom. The van der Waals surface area contributed by atoms with Crippen molar-refractivity contribution in [2.45, 2.75) is 18.2 Å². The Morgan fingerprint density at radius 3 is 2.46 bits per heavy atom. The highest BCUT2D eigenvalue weighted by atomic mass is 32.2. The number of carbonyl (C=O) groups is 3. The van der Waals surface area contributed by atoms with Gasteiger partial charge in [0.05, 0.1) is 12.9 Å². The fraction of sp³-hybridized carbons (Fsp3) is 0.250. The average Bonchev–Trinajstić information content (AvgIpc) is 2.93. The average molecular weight is 399 g/mol. The summed E-state index contributed by atoms with van der Waals surface area (Å²) >= 11 is 1.41. The van der Waals surface area contributed by atoms with Crippen molar-refractivity contribution in [3.63, 3.8) is 0 Å².